The topological polar surface area (TPSA) is 95.6 Å². The van der Waals surface area contributed by atoms with Crippen molar-refractivity contribution in [1.82, 2.24) is 9.62 Å². The summed E-state index contributed by atoms with van der Waals surface area (Å²) in [6.45, 7) is 6.07. The molecule has 2 N–H and O–H groups in total. The van der Waals surface area contributed by atoms with Gasteiger partial charge in [-0.05, 0) is 37.0 Å². The molecule has 0 saturated carbocycles. The van der Waals surface area contributed by atoms with Gasteiger partial charge in [-0.2, -0.15) is 4.31 Å². The summed E-state index contributed by atoms with van der Waals surface area (Å²) in [6.07, 6.45) is 2.77. The third-order valence-corrected chi connectivity index (χ3v) is 6.26. The standard InChI is InChI=1S/C18H27N3O4S/c1-13(2)17(19-14(3)22)18(23)20-15-8-7-9-16(12-15)26(24,25)21-10-5-4-6-11-21/h7-9,12-13,17H,4-6,10-11H2,1-3H3,(H,19,22)(H,20,23)/t17-/m0/s1. The summed E-state index contributed by atoms with van der Waals surface area (Å²) in [7, 11) is -3.56. The normalized spacial score (nSPS) is 16.9. The highest BCUT2D eigenvalue weighted by atomic mass is 32.2. The molecular weight excluding hydrogens is 354 g/mol. The number of rotatable bonds is 6. The van der Waals surface area contributed by atoms with Crippen LogP contribution in [0.1, 0.15) is 40.0 Å². The van der Waals surface area contributed by atoms with Crippen molar-refractivity contribution >= 4 is 27.5 Å². The molecular formula is C18H27N3O4S. The lowest BCUT2D eigenvalue weighted by atomic mass is 10.0. The van der Waals surface area contributed by atoms with Crippen LogP contribution in [-0.4, -0.2) is 43.7 Å². The molecule has 8 heteroatoms. The zero-order valence-electron chi connectivity index (χ0n) is 15.5. The summed E-state index contributed by atoms with van der Waals surface area (Å²) >= 11 is 0. The van der Waals surface area contributed by atoms with E-state index in [9.17, 15) is 18.0 Å². The van der Waals surface area contributed by atoms with E-state index in [2.05, 4.69) is 10.6 Å². The Morgan fingerprint density at radius 3 is 2.35 bits per heavy atom. The molecule has 1 saturated heterocycles. The van der Waals surface area contributed by atoms with Crippen molar-refractivity contribution in [2.45, 2.75) is 51.0 Å². The number of amides is 2. The molecule has 7 nitrogen and oxygen atoms in total. The molecule has 2 amide bonds. The van der Waals surface area contributed by atoms with E-state index in [1.807, 2.05) is 13.8 Å². The van der Waals surface area contributed by atoms with Crippen molar-refractivity contribution in [3.8, 4) is 0 Å². The second kappa shape index (κ2) is 8.64. The maximum Gasteiger partial charge on any atom is 0.247 e. The molecule has 0 aliphatic carbocycles. The van der Waals surface area contributed by atoms with Crippen LogP contribution in [0.3, 0.4) is 0 Å². The van der Waals surface area contributed by atoms with E-state index in [1.54, 1.807) is 12.1 Å². The number of carbonyl (C=O) groups excluding carboxylic acids is 2. The van der Waals surface area contributed by atoms with Gasteiger partial charge in [-0.15, -0.1) is 0 Å². The third kappa shape index (κ3) is 5.04. The fourth-order valence-corrected chi connectivity index (χ4v) is 4.53. The maximum absolute atomic E-state index is 12.8. The highest BCUT2D eigenvalue weighted by Crippen LogP contribution is 2.23. The Balaban J connectivity index is 2.18. The molecule has 0 bridgehead atoms. The minimum absolute atomic E-state index is 0.0980. The Bertz CT molecular complexity index is 755. The molecule has 1 aromatic carbocycles. The van der Waals surface area contributed by atoms with Crippen LogP contribution in [-0.2, 0) is 19.6 Å². The number of nitrogens with zero attached hydrogens (tertiary/aromatic N) is 1. The van der Waals surface area contributed by atoms with Crippen LogP contribution in [0.5, 0.6) is 0 Å². The van der Waals surface area contributed by atoms with E-state index in [1.165, 1.54) is 23.4 Å². The molecule has 144 valence electrons. The van der Waals surface area contributed by atoms with Crippen LogP contribution < -0.4 is 10.6 Å². The van der Waals surface area contributed by atoms with E-state index in [0.29, 0.717) is 18.8 Å². The van der Waals surface area contributed by atoms with Gasteiger partial charge in [-0.1, -0.05) is 26.3 Å². The average Bonchev–Trinajstić information content (AvgIpc) is 2.60. The first-order chi connectivity index (χ1) is 12.2. The first-order valence-electron chi connectivity index (χ1n) is 8.90. The van der Waals surface area contributed by atoms with Crippen LogP contribution in [0.25, 0.3) is 0 Å². The summed E-state index contributed by atoms with van der Waals surface area (Å²) < 4.78 is 27.0. The zero-order valence-corrected chi connectivity index (χ0v) is 16.3. The third-order valence-electron chi connectivity index (χ3n) is 4.36. The quantitative estimate of drug-likeness (QED) is 0.787. The van der Waals surface area contributed by atoms with Crippen molar-refractivity contribution in [2.24, 2.45) is 5.92 Å². The predicted octanol–water partition coefficient (Wildman–Crippen LogP) is 1.96. The van der Waals surface area contributed by atoms with Gasteiger partial charge in [0.05, 0.1) is 4.90 Å². The molecule has 0 aromatic heterocycles. The summed E-state index contributed by atoms with van der Waals surface area (Å²) in [4.78, 5) is 23.9. The second-order valence-corrected chi connectivity index (χ2v) is 8.84. The lowest BCUT2D eigenvalue weighted by Gasteiger charge is -2.26. The van der Waals surface area contributed by atoms with Gasteiger partial charge >= 0.3 is 0 Å². The molecule has 1 aliphatic rings. The van der Waals surface area contributed by atoms with E-state index in [-0.39, 0.29) is 22.6 Å². The van der Waals surface area contributed by atoms with Crippen molar-refractivity contribution < 1.29 is 18.0 Å². The molecule has 1 atom stereocenters. The Kier molecular flexibility index (Phi) is 6.77. The molecule has 0 radical (unpaired) electrons. The number of anilines is 1. The summed E-state index contributed by atoms with van der Waals surface area (Å²) in [5, 5.41) is 5.33. The molecule has 1 heterocycles. The van der Waals surface area contributed by atoms with Gasteiger partial charge in [0.15, 0.2) is 0 Å². The van der Waals surface area contributed by atoms with Crippen LogP contribution in [0.4, 0.5) is 5.69 Å². The van der Waals surface area contributed by atoms with E-state index < -0.39 is 16.1 Å². The first kappa shape index (κ1) is 20.4. The lowest BCUT2D eigenvalue weighted by Crippen LogP contribution is -2.46. The summed E-state index contributed by atoms with van der Waals surface area (Å²) in [5.74, 6) is -0.762. The predicted molar refractivity (Wildman–Crippen MR) is 100 cm³/mol. The summed E-state index contributed by atoms with van der Waals surface area (Å²) in [5.41, 5.74) is 0.393. The number of sulfonamides is 1. The van der Waals surface area contributed by atoms with E-state index >= 15 is 0 Å². The first-order valence-corrected chi connectivity index (χ1v) is 10.3. The number of hydrogen-bond acceptors (Lipinski definition) is 4. The second-order valence-electron chi connectivity index (χ2n) is 6.90. The van der Waals surface area contributed by atoms with Gasteiger partial charge in [0.1, 0.15) is 6.04 Å². The average molecular weight is 381 g/mol. The van der Waals surface area contributed by atoms with E-state index in [4.69, 9.17) is 0 Å². The fraction of sp³-hybridized carbons (Fsp3) is 0.556. The molecule has 0 unspecified atom stereocenters. The Hall–Kier alpha value is -1.93. The summed E-state index contributed by atoms with van der Waals surface area (Å²) in [6, 6.07) is 5.56. The lowest BCUT2D eigenvalue weighted by molar-refractivity contribution is -0.126. The van der Waals surface area contributed by atoms with Crippen molar-refractivity contribution in [2.75, 3.05) is 18.4 Å². The van der Waals surface area contributed by atoms with Gasteiger partial charge in [0.2, 0.25) is 21.8 Å². The van der Waals surface area contributed by atoms with Gasteiger partial charge in [-0.3, -0.25) is 9.59 Å². The van der Waals surface area contributed by atoms with Crippen molar-refractivity contribution in [3.63, 3.8) is 0 Å². The van der Waals surface area contributed by atoms with Crippen LogP contribution in [0, 0.1) is 5.92 Å². The van der Waals surface area contributed by atoms with Gasteiger partial charge in [0, 0.05) is 25.7 Å². The Morgan fingerprint density at radius 1 is 1.12 bits per heavy atom. The smallest absolute Gasteiger partial charge is 0.247 e. The highest BCUT2D eigenvalue weighted by Gasteiger charge is 2.27. The van der Waals surface area contributed by atoms with Crippen molar-refractivity contribution in [1.29, 1.82) is 0 Å². The largest absolute Gasteiger partial charge is 0.344 e. The van der Waals surface area contributed by atoms with E-state index in [0.717, 1.165) is 19.3 Å². The number of carbonyl (C=O) groups is 2. The highest BCUT2D eigenvalue weighted by molar-refractivity contribution is 7.89. The zero-order chi connectivity index (χ0) is 19.3. The molecule has 26 heavy (non-hydrogen) atoms. The van der Waals surface area contributed by atoms with Crippen LogP contribution >= 0.6 is 0 Å². The number of hydrogen-bond donors (Lipinski definition) is 2. The monoisotopic (exact) mass is 381 g/mol. The number of benzene rings is 1. The molecule has 1 aromatic rings. The van der Waals surface area contributed by atoms with Crippen LogP contribution in [0.15, 0.2) is 29.2 Å². The minimum atomic E-state index is -3.56. The van der Waals surface area contributed by atoms with Crippen molar-refractivity contribution in [3.05, 3.63) is 24.3 Å². The SMILES string of the molecule is CC(=O)N[C@H](C(=O)Nc1cccc(S(=O)(=O)N2CCCCC2)c1)C(C)C. The Morgan fingerprint density at radius 2 is 1.77 bits per heavy atom. The molecule has 2 rings (SSSR count). The number of nitrogens with one attached hydrogen (secondary N) is 2. The Labute approximate surface area is 155 Å². The maximum atomic E-state index is 12.8. The molecule has 1 aliphatic heterocycles. The minimum Gasteiger partial charge on any atom is -0.344 e. The van der Waals surface area contributed by atoms with Gasteiger partial charge in [-0.25, -0.2) is 8.42 Å². The number of piperidine rings is 1. The molecule has 1 fully saturated rings. The van der Waals surface area contributed by atoms with Crippen LogP contribution in [0.2, 0.25) is 0 Å². The van der Waals surface area contributed by atoms with Gasteiger partial charge in [0.25, 0.3) is 0 Å². The fourth-order valence-electron chi connectivity index (χ4n) is 2.96. The van der Waals surface area contributed by atoms with Gasteiger partial charge < -0.3 is 10.6 Å². The molecule has 0 spiro atoms.